The first kappa shape index (κ1) is 32.4. The van der Waals surface area contributed by atoms with E-state index in [1.165, 1.54) is 56.9 Å². The maximum Gasteiger partial charge on any atom is -0.0201 e. The summed E-state index contributed by atoms with van der Waals surface area (Å²) in [5.41, 5.74) is 1.52. The maximum absolute atomic E-state index is 4.23. The van der Waals surface area contributed by atoms with E-state index in [4.69, 9.17) is 0 Å². The van der Waals surface area contributed by atoms with Crippen molar-refractivity contribution in [1.29, 1.82) is 0 Å². The molecule has 0 amide bonds. The first-order chi connectivity index (χ1) is 13.1. The van der Waals surface area contributed by atoms with Crippen molar-refractivity contribution in [3.63, 3.8) is 0 Å². The van der Waals surface area contributed by atoms with Crippen molar-refractivity contribution in [3.05, 3.63) is 12.2 Å². The lowest BCUT2D eigenvalue weighted by atomic mass is 9.72. The molecule has 0 aromatic carbocycles. The van der Waals surface area contributed by atoms with Crippen LogP contribution < -0.4 is 0 Å². The Kier molecular flexibility index (Phi) is 24.8. The van der Waals surface area contributed by atoms with Crippen molar-refractivity contribution < 1.29 is 0 Å². The van der Waals surface area contributed by atoms with Crippen LogP contribution in [0.25, 0.3) is 0 Å². The Morgan fingerprint density at radius 3 is 1.54 bits per heavy atom. The molecule has 0 heterocycles. The van der Waals surface area contributed by atoms with Crippen molar-refractivity contribution in [2.24, 2.45) is 35.5 Å². The molecule has 0 aromatic heterocycles. The van der Waals surface area contributed by atoms with E-state index in [0.717, 1.165) is 35.5 Å². The van der Waals surface area contributed by atoms with Crippen molar-refractivity contribution >= 4 is 0 Å². The maximum atomic E-state index is 4.23. The molecule has 0 radical (unpaired) electrons. The second-order valence-electron chi connectivity index (χ2n) is 9.86. The summed E-state index contributed by atoms with van der Waals surface area (Å²) in [6.45, 7) is 30.7. The van der Waals surface area contributed by atoms with Gasteiger partial charge in [-0.3, -0.25) is 0 Å². The van der Waals surface area contributed by atoms with Crippen LogP contribution in [-0.4, -0.2) is 0 Å². The minimum absolute atomic E-state index is 0.769. The topological polar surface area (TPSA) is 0 Å². The molecule has 0 nitrogen and oxygen atoms in total. The molecule has 5 unspecified atom stereocenters. The van der Waals surface area contributed by atoms with Crippen LogP contribution in [0.4, 0.5) is 0 Å². The van der Waals surface area contributed by atoms with E-state index in [9.17, 15) is 0 Å². The van der Waals surface area contributed by atoms with Gasteiger partial charge in [-0.1, -0.05) is 127 Å². The van der Waals surface area contributed by atoms with Crippen LogP contribution in [0.1, 0.15) is 134 Å². The molecule has 2 aliphatic carbocycles. The quantitative estimate of drug-likeness (QED) is 0.407. The highest BCUT2D eigenvalue weighted by atomic mass is 14.3. The van der Waals surface area contributed by atoms with Gasteiger partial charge in [-0.05, 0) is 54.8 Å². The summed E-state index contributed by atoms with van der Waals surface area (Å²) in [6.07, 6.45) is 11.1. The molecule has 2 aliphatic rings. The van der Waals surface area contributed by atoms with Crippen LogP contribution in [0.3, 0.4) is 0 Å². The average Bonchev–Trinajstić information content (AvgIpc) is 2.98. The van der Waals surface area contributed by atoms with Gasteiger partial charge in [-0.25, -0.2) is 0 Å². The predicted molar refractivity (Wildman–Crippen MR) is 135 cm³/mol. The molecule has 2 fully saturated rings. The van der Waals surface area contributed by atoms with Crippen LogP contribution in [0, 0.1) is 35.5 Å². The summed E-state index contributed by atoms with van der Waals surface area (Å²) >= 11 is 0. The summed E-state index contributed by atoms with van der Waals surface area (Å²) in [5.74, 6) is 5.38. The van der Waals surface area contributed by atoms with Gasteiger partial charge < -0.3 is 0 Å². The third-order valence-electron chi connectivity index (χ3n) is 5.53. The van der Waals surface area contributed by atoms with Crippen molar-refractivity contribution in [1.82, 2.24) is 0 Å². The third kappa shape index (κ3) is 19.1. The van der Waals surface area contributed by atoms with E-state index in [2.05, 4.69) is 75.8 Å². The van der Waals surface area contributed by atoms with E-state index in [1.54, 1.807) is 0 Å². The van der Waals surface area contributed by atoms with Gasteiger partial charge in [0.25, 0.3) is 0 Å². The van der Waals surface area contributed by atoms with Gasteiger partial charge in [0.2, 0.25) is 0 Å². The van der Waals surface area contributed by atoms with Gasteiger partial charge in [-0.15, -0.1) is 0 Å². The molecule has 0 aliphatic heterocycles. The van der Waals surface area contributed by atoms with Crippen LogP contribution >= 0.6 is 0 Å². The SMILES string of the molecule is C=C1C(C)CC(C)CC1CCC.CC.CC(C)C.CC1CCCC1C.CCC. The van der Waals surface area contributed by atoms with Crippen LogP contribution in [0.15, 0.2) is 12.2 Å². The highest BCUT2D eigenvalue weighted by Gasteiger charge is 2.26. The Bertz CT molecular complexity index is 303. The summed E-state index contributed by atoms with van der Waals surface area (Å²) in [4.78, 5) is 0. The van der Waals surface area contributed by atoms with Gasteiger partial charge in [0.15, 0.2) is 0 Å². The monoisotopic (exact) mass is 396 g/mol. The number of hydrogen-bond donors (Lipinski definition) is 0. The highest BCUT2D eigenvalue weighted by molar-refractivity contribution is 5.08. The first-order valence-electron chi connectivity index (χ1n) is 12.8. The molecule has 0 aromatic rings. The molecule has 0 N–H and O–H groups in total. The smallest absolute Gasteiger partial charge is 0.0201 e. The Hall–Kier alpha value is -0.260. The Balaban J connectivity index is -0.000000332. The second-order valence-corrected chi connectivity index (χ2v) is 9.86. The summed E-state index contributed by atoms with van der Waals surface area (Å²) in [6, 6.07) is 0. The molecule has 172 valence electrons. The van der Waals surface area contributed by atoms with E-state index < -0.39 is 0 Å². The molecule has 0 saturated heterocycles. The zero-order chi connectivity index (χ0) is 22.7. The molecule has 28 heavy (non-hydrogen) atoms. The molecule has 0 bridgehead atoms. The van der Waals surface area contributed by atoms with Crippen LogP contribution in [0.5, 0.6) is 0 Å². The molecular formula is C28H60. The fourth-order valence-electron chi connectivity index (χ4n) is 3.87. The summed E-state index contributed by atoms with van der Waals surface area (Å²) < 4.78 is 0. The molecular weight excluding hydrogens is 336 g/mol. The van der Waals surface area contributed by atoms with Crippen LogP contribution in [0.2, 0.25) is 0 Å². The van der Waals surface area contributed by atoms with Gasteiger partial charge in [-0.2, -0.15) is 0 Å². The number of hydrogen-bond acceptors (Lipinski definition) is 0. The molecule has 5 atom stereocenters. The highest BCUT2D eigenvalue weighted by Crippen LogP contribution is 2.38. The lowest BCUT2D eigenvalue weighted by Gasteiger charge is -2.33. The van der Waals surface area contributed by atoms with Gasteiger partial charge in [0, 0.05) is 0 Å². The Labute approximate surface area is 182 Å². The van der Waals surface area contributed by atoms with E-state index in [1.807, 2.05) is 13.8 Å². The number of allylic oxidation sites excluding steroid dienone is 1. The average molecular weight is 397 g/mol. The molecule has 2 saturated carbocycles. The van der Waals surface area contributed by atoms with Crippen molar-refractivity contribution in [3.8, 4) is 0 Å². The third-order valence-corrected chi connectivity index (χ3v) is 5.53. The lowest BCUT2D eigenvalue weighted by Crippen LogP contribution is -2.21. The summed E-state index contributed by atoms with van der Waals surface area (Å²) in [7, 11) is 0. The predicted octanol–water partition coefficient (Wildman–Crippen LogP) is 10.6. The summed E-state index contributed by atoms with van der Waals surface area (Å²) in [5, 5.41) is 0. The minimum atomic E-state index is 0.769. The minimum Gasteiger partial charge on any atom is -0.0993 e. The fourth-order valence-corrected chi connectivity index (χ4v) is 3.87. The zero-order valence-corrected chi connectivity index (χ0v) is 22.3. The van der Waals surface area contributed by atoms with Gasteiger partial charge >= 0.3 is 0 Å². The lowest BCUT2D eigenvalue weighted by molar-refractivity contribution is 0.287. The van der Waals surface area contributed by atoms with E-state index in [0.29, 0.717) is 0 Å². The van der Waals surface area contributed by atoms with E-state index in [-0.39, 0.29) is 0 Å². The molecule has 0 heteroatoms. The Morgan fingerprint density at radius 1 is 0.857 bits per heavy atom. The van der Waals surface area contributed by atoms with Crippen molar-refractivity contribution in [2.45, 2.75) is 134 Å². The normalized spacial score (nSPS) is 28.5. The fraction of sp³-hybridized carbons (Fsp3) is 0.929. The Morgan fingerprint density at radius 2 is 1.25 bits per heavy atom. The molecule has 2 rings (SSSR count). The first-order valence-corrected chi connectivity index (χ1v) is 12.8. The molecule has 0 spiro atoms. The number of rotatable bonds is 2. The van der Waals surface area contributed by atoms with Gasteiger partial charge in [0.05, 0.1) is 0 Å². The van der Waals surface area contributed by atoms with Gasteiger partial charge in [0.1, 0.15) is 0 Å². The van der Waals surface area contributed by atoms with E-state index >= 15 is 0 Å². The standard InChI is InChI=1S/C12H22.C7H14.C4H10.C3H8.C2H6/c1-5-6-12-8-9(2)7-10(3)11(12)4;1-6-4-3-5-7(6)2;1-4(2)3;1-3-2;1-2/h9-10,12H,4-8H2,1-3H3;6-7H,3-5H2,1-2H3;4H,1-3H3;3H2,1-2H3;1-2H3. The van der Waals surface area contributed by atoms with Crippen molar-refractivity contribution in [2.75, 3.05) is 0 Å². The zero-order valence-electron chi connectivity index (χ0n) is 22.3. The van der Waals surface area contributed by atoms with Crippen LogP contribution in [-0.2, 0) is 0 Å². The largest absolute Gasteiger partial charge is 0.0993 e. The second kappa shape index (κ2) is 21.4.